The Morgan fingerprint density at radius 1 is 1.45 bits per heavy atom. The van der Waals surface area contributed by atoms with Gasteiger partial charge in [0.15, 0.2) is 0 Å². The third-order valence-electron chi connectivity index (χ3n) is 1.44. The third kappa shape index (κ3) is 1.29. The largest absolute Gasteiger partial charge is 0.359 e. The summed E-state index contributed by atoms with van der Waals surface area (Å²) in [5.74, 6) is 0. The Hall–Kier alpha value is -0.100. The molecule has 0 saturated heterocycles. The zero-order valence-corrected chi connectivity index (χ0v) is 9.18. The number of H-pyrrole nitrogens is 1. The van der Waals surface area contributed by atoms with E-state index in [4.69, 9.17) is 0 Å². The molecule has 2 heterocycles. The second-order valence-electron chi connectivity index (χ2n) is 2.17. The van der Waals surface area contributed by atoms with Gasteiger partial charge < -0.3 is 4.98 Å². The van der Waals surface area contributed by atoms with Gasteiger partial charge >= 0.3 is 0 Å². The van der Waals surface area contributed by atoms with Crippen molar-refractivity contribution in [3.05, 3.63) is 26.5 Å². The van der Waals surface area contributed by atoms with Crippen LogP contribution in [0.5, 0.6) is 0 Å². The molecule has 0 fully saturated rings. The predicted molar refractivity (Wildman–Crippen MR) is 56.5 cm³/mol. The first kappa shape index (κ1) is 7.54. The van der Waals surface area contributed by atoms with Crippen LogP contribution in [0.25, 0.3) is 11.0 Å². The molecule has 0 aromatic carbocycles. The monoisotopic (exact) mass is 322 g/mol. The summed E-state index contributed by atoms with van der Waals surface area (Å²) < 4.78 is 2.03. The average Bonchev–Trinajstić information content (AvgIpc) is 2.33. The highest BCUT2D eigenvalue weighted by Crippen LogP contribution is 2.19. The SMILES string of the molecule is Brc1ccc2[nH]cc(I)c2n1. The van der Waals surface area contributed by atoms with Crippen LogP contribution in [-0.2, 0) is 0 Å². The summed E-state index contributed by atoms with van der Waals surface area (Å²) in [7, 11) is 0. The van der Waals surface area contributed by atoms with E-state index in [-0.39, 0.29) is 0 Å². The van der Waals surface area contributed by atoms with Gasteiger partial charge in [-0.1, -0.05) is 0 Å². The second kappa shape index (κ2) is 2.75. The highest BCUT2D eigenvalue weighted by molar-refractivity contribution is 14.1. The van der Waals surface area contributed by atoms with E-state index >= 15 is 0 Å². The number of halogens is 2. The Labute approximate surface area is 85.7 Å². The molecule has 0 atom stereocenters. The lowest BCUT2D eigenvalue weighted by molar-refractivity contribution is 1.35. The number of nitrogens with one attached hydrogen (secondary N) is 1. The number of hydrogen-bond donors (Lipinski definition) is 1. The molecule has 0 saturated carbocycles. The average molecular weight is 323 g/mol. The zero-order chi connectivity index (χ0) is 7.84. The Morgan fingerprint density at radius 2 is 2.27 bits per heavy atom. The van der Waals surface area contributed by atoms with Gasteiger partial charge in [-0.25, -0.2) is 4.98 Å². The quantitative estimate of drug-likeness (QED) is 0.586. The van der Waals surface area contributed by atoms with E-state index < -0.39 is 0 Å². The summed E-state index contributed by atoms with van der Waals surface area (Å²) in [4.78, 5) is 7.44. The molecule has 0 radical (unpaired) electrons. The zero-order valence-electron chi connectivity index (χ0n) is 5.44. The van der Waals surface area contributed by atoms with Crippen molar-refractivity contribution in [1.82, 2.24) is 9.97 Å². The van der Waals surface area contributed by atoms with Crippen LogP contribution in [0, 0.1) is 3.57 Å². The summed E-state index contributed by atoms with van der Waals surface area (Å²) in [6.07, 6.45) is 1.95. The molecule has 2 aromatic rings. The van der Waals surface area contributed by atoms with Gasteiger partial charge in [-0.2, -0.15) is 0 Å². The summed E-state index contributed by atoms with van der Waals surface area (Å²) in [6.45, 7) is 0. The molecule has 11 heavy (non-hydrogen) atoms. The Kier molecular flexibility index (Phi) is 1.88. The van der Waals surface area contributed by atoms with Gasteiger partial charge in [-0.15, -0.1) is 0 Å². The van der Waals surface area contributed by atoms with Crippen LogP contribution in [0.3, 0.4) is 0 Å². The second-order valence-corrected chi connectivity index (χ2v) is 4.14. The summed E-state index contributed by atoms with van der Waals surface area (Å²) in [5.41, 5.74) is 2.11. The highest BCUT2D eigenvalue weighted by atomic mass is 127. The van der Waals surface area contributed by atoms with Crippen molar-refractivity contribution in [2.45, 2.75) is 0 Å². The maximum Gasteiger partial charge on any atom is 0.106 e. The van der Waals surface area contributed by atoms with Crippen LogP contribution in [0.1, 0.15) is 0 Å². The molecule has 0 spiro atoms. The molecule has 0 unspecified atom stereocenters. The molecule has 2 aromatic heterocycles. The molecule has 2 rings (SSSR count). The van der Waals surface area contributed by atoms with E-state index in [1.807, 2.05) is 18.3 Å². The molecule has 0 amide bonds. The number of pyridine rings is 1. The lowest BCUT2D eigenvalue weighted by Crippen LogP contribution is -1.76. The van der Waals surface area contributed by atoms with E-state index in [1.165, 1.54) is 0 Å². The van der Waals surface area contributed by atoms with Crippen LogP contribution >= 0.6 is 38.5 Å². The van der Waals surface area contributed by atoms with E-state index in [0.29, 0.717) is 0 Å². The van der Waals surface area contributed by atoms with Crippen molar-refractivity contribution in [3.63, 3.8) is 0 Å². The maximum atomic E-state index is 4.31. The van der Waals surface area contributed by atoms with Gasteiger partial charge in [0.1, 0.15) is 10.1 Å². The Bertz CT molecular complexity index is 396. The van der Waals surface area contributed by atoms with Crippen molar-refractivity contribution in [3.8, 4) is 0 Å². The van der Waals surface area contributed by atoms with Gasteiger partial charge in [0.05, 0.1) is 9.09 Å². The number of hydrogen-bond acceptors (Lipinski definition) is 1. The van der Waals surface area contributed by atoms with Gasteiger partial charge in [-0.3, -0.25) is 0 Å². The molecule has 0 aliphatic rings. The number of aromatic nitrogens is 2. The van der Waals surface area contributed by atoms with Gasteiger partial charge in [-0.05, 0) is 50.7 Å². The summed E-state index contributed by atoms with van der Waals surface area (Å²) >= 11 is 5.58. The topological polar surface area (TPSA) is 28.7 Å². The van der Waals surface area contributed by atoms with E-state index in [9.17, 15) is 0 Å². The molecule has 2 nitrogen and oxygen atoms in total. The normalized spacial score (nSPS) is 10.7. The minimum Gasteiger partial charge on any atom is -0.359 e. The van der Waals surface area contributed by atoms with Crippen molar-refractivity contribution in [1.29, 1.82) is 0 Å². The number of fused-ring (bicyclic) bond motifs is 1. The first-order chi connectivity index (χ1) is 5.27. The standard InChI is InChI=1S/C7H4BrIN2/c8-6-2-1-5-7(11-6)4(9)3-10-5/h1-3,10H. The fourth-order valence-electron chi connectivity index (χ4n) is 0.943. The third-order valence-corrected chi connectivity index (χ3v) is 2.71. The minimum atomic E-state index is 0.877. The van der Waals surface area contributed by atoms with Gasteiger partial charge in [0.2, 0.25) is 0 Å². The number of aromatic amines is 1. The molecular weight excluding hydrogens is 319 g/mol. The fourth-order valence-corrected chi connectivity index (χ4v) is 1.82. The van der Waals surface area contributed by atoms with Crippen molar-refractivity contribution in [2.75, 3.05) is 0 Å². The first-order valence-corrected chi connectivity index (χ1v) is 4.93. The number of rotatable bonds is 0. The molecule has 0 bridgehead atoms. The Morgan fingerprint density at radius 3 is 3.09 bits per heavy atom. The van der Waals surface area contributed by atoms with E-state index in [0.717, 1.165) is 19.2 Å². The van der Waals surface area contributed by atoms with Crippen LogP contribution in [-0.4, -0.2) is 9.97 Å². The van der Waals surface area contributed by atoms with Crippen LogP contribution < -0.4 is 0 Å². The van der Waals surface area contributed by atoms with Crippen LogP contribution in [0.15, 0.2) is 22.9 Å². The minimum absolute atomic E-state index is 0.877. The molecule has 1 N–H and O–H groups in total. The lowest BCUT2D eigenvalue weighted by Gasteiger charge is -1.90. The number of nitrogens with zero attached hydrogens (tertiary/aromatic N) is 1. The fraction of sp³-hybridized carbons (Fsp3) is 0. The molecule has 4 heteroatoms. The first-order valence-electron chi connectivity index (χ1n) is 3.06. The van der Waals surface area contributed by atoms with Crippen molar-refractivity contribution in [2.24, 2.45) is 0 Å². The Balaban J connectivity index is 2.87. The van der Waals surface area contributed by atoms with E-state index in [1.54, 1.807) is 0 Å². The van der Waals surface area contributed by atoms with Crippen molar-refractivity contribution >= 4 is 49.6 Å². The summed E-state index contributed by atoms with van der Waals surface area (Å²) in [6, 6.07) is 3.93. The van der Waals surface area contributed by atoms with Crippen LogP contribution in [0.4, 0.5) is 0 Å². The van der Waals surface area contributed by atoms with E-state index in [2.05, 4.69) is 48.5 Å². The predicted octanol–water partition coefficient (Wildman–Crippen LogP) is 2.93. The molecule has 0 aliphatic heterocycles. The van der Waals surface area contributed by atoms with Gasteiger partial charge in [0.25, 0.3) is 0 Å². The van der Waals surface area contributed by atoms with Crippen molar-refractivity contribution < 1.29 is 0 Å². The molecule has 56 valence electrons. The smallest absolute Gasteiger partial charge is 0.106 e. The lowest BCUT2D eigenvalue weighted by atomic mass is 10.4. The molecular formula is C7H4BrIN2. The summed E-state index contributed by atoms with van der Waals surface area (Å²) in [5, 5.41) is 0. The van der Waals surface area contributed by atoms with Crippen LogP contribution in [0.2, 0.25) is 0 Å². The maximum absolute atomic E-state index is 4.31. The van der Waals surface area contributed by atoms with Gasteiger partial charge in [0, 0.05) is 6.20 Å². The highest BCUT2D eigenvalue weighted by Gasteiger charge is 2.00. The molecule has 0 aliphatic carbocycles.